The molecule has 7 nitrogen and oxygen atoms in total. The second-order valence-corrected chi connectivity index (χ2v) is 7.19. The lowest BCUT2D eigenvalue weighted by molar-refractivity contribution is 0.112. The van der Waals surface area contributed by atoms with E-state index < -0.39 is 5.82 Å². The number of nitrogens with zero attached hydrogens (tertiary/aromatic N) is 4. The number of carbonyl (C=O) groups excluding carboxylic acids is 1. The molecule has 0 amide bonds. The minimum Gasteiger partial charge on any atom is -0.466 e. The molecule has 0 aliphatic heterocycles. The molecule has 0 bridgehead atoms. The summed E-state index contributed by atoms with van der Waals surface area (Å²) in [6.07, 6.45) is 7.03. The van der Waals surface area contributed by atoms with Crippen molar-refractivity contribution < 1.29 is 13.9 Å². The van der Waals surface area contributed by atoms with Crippen LogP contribution >= 0.6 is 11.8 Å². The highest BCUT2D eigenvalue weighted by Gasteiger charge is 2.14. The minimum atomic E-state index is -0.450. The number of hydrogen-bond acceptors (Lipinski definition) is 7. The van der Waals surface area contributed by atoms with Crippen LogP contribution in [0, 0.1) is 5.82 Å². The summed E-state index contributed by atoms with van der Waals surface area (Å²) < 4.78 is 21.0. The normalized spacial score (nSPS) is 10.9. The van der Waals surface area contributed by atoms with Crippen LogP contribution in [0.15, 0.2) is 55.0 Å². The van der Waals surface area contributed by atoms with E-state index in [0.717, 1.165) is 17.3 Å². The number of pyridine rings is 1. The monoisotopic (exact) mass is 423 g/mol. The van der Waals surface area contributed by atoms with Gasteiger partial charge in [0.1, 0.15) is 17.6 Å². The van der Waals surface area contributed by atoms with E-state index in [0.29, 0.717) is 40.7 Å². The lowest BCUT2D eigenvalue weighted by atomic mass is 10.1. The maximum absolute atomic E-state index is 13.8. The van der Waals surface area contributed by atoms with Crippen LogP contribution in [-0.2, 0) is 6.54 Å². The molecule has 1 N–H and O–H groups in total. The molecule has 1 aromatic carbocycles. The van der Waals surface area contributed by atoms with Crippen LogP contribution in [0.3, 0.4) is 0 Å². The number of fused-ring (bicyclic) bond motifs is 1. The van der Waals surface area contributed by atoms with Gasteiger partial charge < -0.3 is 10.1 Å². The third kappa shape index (κ3) is 4.11. The molecule has 152 valence electrons. The quantitative estimate of drug-likeness (QED) is 0.338. The van der Waals surface area contributed by atoms with Gasteiger partial charge in [0, 0.05) is 23.9 Å². The first kappa shape index (κ1) is 19.8. The fourth-order valence-electron chi connectivity index (χ4n) is 2.99. The van der Waals surface area contributed by atoms with Crippen molar-refractivity contribution in [2.45, 2.75) is 6.54 Å². The molecule has 3 heterocycles. The fraction of sp³-hybridized carbons (Fsp3) is 0.143. The molecule has 0 aliphatic carbocycles. The van der Waals surface area contributed by atoms with Gasteiger partial charge in [-0.25, -0.2) is 18.9 Å². The Morgan fingerprint density at radius 1 is 1.27 bits per heavy atom. The molecule has 30 heavy (non-hydrogen) atoms. The molecular weight excluding hydrogens is 405 g/mol. The van der Waals surface area contributed by atoms with Crippen LogP contribution in [0.1, 0.15) is 15.9 Å². The van der Waals surface area contributed by atoms with Crippen molar-refractivity contribution in [3.8, 4) is 17.0 Å². The first-order chi connectivity index (χ1) is 14.7. The van der Waals surface area contributed by atoms with E-state index in [9.17, 15) is 9.18 Å². The number of ether oxygens (including phenoxy) is 1. The second kappa shape index (κ2) is 8.91. The third-order valence-corrected chi connectivity index (χ3v) is 4.74. The molecule has 0 unspecified atom stereocenters. The number of aromatic nitrogens is 4. The number of nitrogens with one attached hydrogen (secondary N) is 1. The number of carbonyl (C=O) groups is 1. The highest BCUT2D eigenvalue weighted by Crippen LogP contribution is 2.28. The van der Waals surface area contributed by atoms with Gasteiger partial charge in [-0.2, -0.15) is 5.10 Å². The third-order valence-electron chi connectivity index (χ3n) is 4.38. The number of thioether (sulfide) groups is 1. The summed E-state index contributed by atoms with van der Waals surface area (Å²) in [5.74, 6) is 0.855. The van der Waals surface area contributed by atoms with Crippen molar-refractivity contribution >= 4 is 29.5 Å². The predicted octanol–water partition coefficient (Wildman–Crippen LogP) is 4.05. The van der Waals surface area contributed by atoms with E-state index in [1.54, 1.807) is 4.52 Å². The van der Waals surface area contributed by atoms with Gasteiger partial charge in [-0.3, -0.25) is 4.79 Å². The summed E-state index contributed by atoms with van der Waals surface area (Å²) in [6, 6.07) is 11.1. The summed E-state index contributed by atoms with van der Waals surface area (Å²) in [7, 11) is 0. The van der Waals surface area contributed by atoms with Crippen LogP contribution in [0.4, 0.5) is 10.2 Å². The molecular formula is C21H18FN5O2S. The maximum Gasteiger partial charge on any atom is 0.219 e. The molecule has 9 heteroatoms. The zero-order chi connectivity index (χ0) is 20.9. The van der Waals surface area contributed by atoms with Gasteiger partial charge >= 0.3 is 0 Å². The van der Waals surface area contributed by atoms with Crippen LogP contribution in [0.2, 0.25) is 0 Å². The lowest BCUT2D eigenvalue weighted by Crippen LogP contribution is -2.08. The summed E-state index contributed by atoms with van der Waals surface area (Å²) in [6.45, 7) is 0.238. The van der Waals surface area contributed by atoms with Gasteiger partial charge in [-0.15, -0.1) is 11.8 Å². The van der Waals surface area contributed by atoms with E-state index in [2.05, 4.69) is 20.4 Å². The summed E-state index contributed by atoms with van der Waals surface area (Å²) in [5, 5.41) is 7.45. The second-order valence-electron chi connectivity index (χ2n) is 6.38. The Labute approximate surface area is 176 Å². The summed E-state index contributed by atoms with van der Waals surface area (Å²) in [4.78, 5) is 20.0. The van der Waals surface area contributed by atoms with Crippen LogP contribution in [0.5, 0.6) is 5.88 Å². The smallest absolute Gasteiger partial charge is 0.219 e. The Morgan fingerprint density at radius 2 is 2.10 bits per heavy atom. The number of anilines is 1. The SMILES string of the molecule is CSCOc1ncc(F)cc1CNc1nc2c(C=O)cnn2cc1-c1ccccc1. The standard InChI is InChI=1S/C21H18FN5O2S/c1-30-13-29-21-15(7-17(22)10-24-21)8-23-19-18(14-5-3-2-4-6-14)11-27-20(26-19)16(12-28)9-25-27/h2-7,9-12H,8,13H2,1H3,(H,23,26). The van der Waals surface area contributed by atoms with Crippen molar-refractivity contribution in [2.24, 2.45) is 0 Å². The van der Waals surface area contributed by atoms with E-state index in [4.69, 9.17) is 4.74 Å². The molecule has 3 aromatic heterocycles. The van der Waals surface area contributed by atoms with E-state index in [-0.39, 0.29) is 6.54 Å². The fourth-order valence-corrected chi connectivity index (χ4v) is 3.22. The molecule has 4 aromatic rings. The Balaban J connectivity index is 1.73. The Bertz CT molecular complexity index is 1180. The Morgan fingerprint density at radius 3 is 2.87 bits per heavy atom. The van der Waals surface area contributed by atoms with Gasteiger partial charge in [-0.05, 0) is 17.9 Å². The predicted molar refractivity (Wildman–Crippen MR) is 114 cm³/mol. The van der Waals surface area contributed by atoms with Gasteiger partial charge in [0.25, 0.3) is 0 Å². The van der Waals surface area contributed by atoms with Gasteiger partial charge in [0.15, 0.2) is 11.9 Å². The molecule has 0 atom stereocenters. The van der Waals surface area contributed by atoms with E-state index >= 15 is 0 Å². The summed E-state index contributed by atoms with van der Waals surface area (Å²) in [5.41, 5.74) is 3.10. The van der Waals surface area contributed by atoms with Crippen molar-refractivity contribution in [3.05, 3.63) is 71.9 Å². The molecule has 0 saturated heterocycles. The van der Waals surface area contributed by atoms with E-state index in [1.807, 2.05) is 42.8 Å². The molecule has 0 saturated carbocycles. The number of rotatable bonds is 8. The summed E-state index contributed by atoms with van der Waals surface area (Å²) >= 11 is 1.50. The van der Waals surface area contributed by atoms with Gasteiger partial charge in [0.2, 0.25) is 5.88 Å². The van der Waals surface area contributed by atoms with Crippen LogP contribution < -0.4 is 10.1 Å². The molecule has 0 spiro atoms. The largest absolute Gasteiger partial charge is 0.466 e. The molecule has 0 radical (unpaired) electrons. The number of hydrogen-bond donors (Lipinski definition) is 1. The van der Waals surface area contributed by atoms with Gasteiger partial charge in [0.05, 0.1) is 18.0 Å². The average Bonchev–Trinajstić information content (AvgIpc) is 3.19. The molecule has 0 fully saturated rings. The zero-order valence-electron chi connectivity index (χ0n) is 16.1. The topological polar surface area (TPSA) is 81.4 Å². The van der Waals surface area contributed by atoms with Crippen molar-refractivity contribution in [1.29, 1.82) is 0 Å². The lowest BCUT2D eigenvalue weighted by Gasteiger charge is -2.14. The average molecular weight is 423 g/mol. The first-order valence-corrected chi connectivity index (χ1v) is 10.5. The Hall–Kier alpha value is -3.46. The van der Waals surface area contributed by atoms with Crippen molar-refractivity contribution in [2.75, 3.05) is 17.5 Å². The number of aldehydes is 1. The van der Waals surface area contributed by atoms with Crippen molar-refractivity contribution in [3.63, 3.8) is 0 Å². The maximum atomic E-state index is 13.8. The van der Waals surface area contributed by atoms with Crippen molar-refractivity contribution in [1.82, 2.24) is 19.6 Å². The number of halogens is 1. The Kier molecular flexibility index (Phi) is 5.89. The number of benzene rings is 1. The van der Waals surface area contributed by atoms with Gasteiger partial charge in [-0.1, -0.05) is 30.3 Å². The van der Waals surface area contributed by atoms with E-state index in [1.165, 1.54) is 24.0 Å². The molecule has 4 rings (SSSR count). The minimum absolute atomic E-state index is 0.238. The van der Waals surface area contributed by atoms with Crippen LogP contribution in [0.25, 0.3) is 16.8 Å². The zero-order valence-corrected chi connectivity index (χ0v) is 16.9. The first-order valence-electron chi connectivity index (χ1n) is 9.08. The molecule has 0 aliphatic rings. The van der Waals surface area contributed by atoms with Crippen LogP contribution in [-0.4, -0.2) is 38.1 Å². The highest BCUT2D eigenvalue weighted by atomic mass is 32.2. The highest BCUT2D eigenvalue weighted by molar-refractivity contribution is 7.98.